The first-order valence-corrected chi connectivity index (χ1v) is 7.55. The summed E-state index contributed by atoms with van der Waals surface area (Å²) in [6.07, 6.45) is 0. The summed E-state index contributed by atoms with van der Waals surface area (Å²) < 4.78 is 11.2. The number of benzene rings is 3. The SMILES string of the molecule is O=C(O)c1ccc(Oc2[c-]cc(Oc3ccc(C(=O)O)cc3)cc2)cc1.[Na+]. The van der Waals surface area contributed by atoms with Crippen molar-refractivity contribution in [1.82, 2.24) is 0 Å². The van der Waals surface area contributed by atoms with Crippen molar-refractivity contribution in [3.05, 3.63) is 83.9 Å². The van der Waals surface area contributed by atoms with Crippen molar-refractivity contribution < 1.29 is 58.8 Å². The first kappa shape index (κ1) is 20.5. The van der Waals surface area contributed by atoms with Gasteiger partial charge in [-0.1, -0.05) is 0 Å². The molecule has 0 radical (unpaired) electrons. The molecule has 0 amide bonds. The molecule has 6 nitrogen and oxygen atoms in total. The van der Waals surface area contributed by atoms with Gasteiger partial charge in [-0.3, -0.25) is 0 Å². The molecule has 3 aromatic rings. The molecule has 130 valence electrons. The number of aromatic carboxylic acids is 2. The fraction of sp³-hybridized carbons (Fsp3) is 0. The van der Waals surface area contributed by atoms with Crippen LogP contribution in [0.15, 0.2) is 66.7 Å². The molecule has 0 atom stereocenters. The average Bonchev–Trinajstić information content (AvgIpc) is 2.64. The molecule has 0 aliphatic rings. The monoisotopic (exact) mass is 372 g/mol. The van der Waals surface area contributed by atoms with Crippen LogP contribution < -0.4 is 39.0 Å². The van der Waals surface area contributed by atoms with Crippen LogP contribution in [0.2, 0.25) is 0 Å². The Morgan fingerprint density at radius 1 is 0.667 bits per heavy atom. The van der Waals surface area contributed by atoms with Crippen molar-refractivity contribution in [2.24, 2.45) is 0 Å². The second-order valence-electron chi connectivity index (χ2n) is 5.25. The van der Waals surface area contributed by atoms with Gasteiger partial charge in [-0.2, -0.15) is 0 Å². The van der Waals surface area contributed by atoms with Crippen LogP contribution in [0.1, 0.15) is 20.7 Å². The van der Waals surface area contributed by atoms with Crippen LogP contribution in [-0.2, 0) is 0 Å². The van der Waals surface area contributed by atoms with Gasteiger partial charge in [-0.25, -0.2) is 9.59 Å². The van der Waals surface area contributed by atoms with E-state index in [0.29, 0.717) is 23.0 Å². The van der Waals surface area contributed by atoms with E-state index in [1.165, 1.54) is 24.3 Å². The van der Waals surface area contributed by atoms with Crippen molar-refractivity contribution in [1.29, 1.82) is 0 Å². The van der Waals surface area contributed by atoms with Crippen LogP contribution in [0.5, 0.6) is 23.0 Å². The molecular formula is C20H13NaO6. The van der Waals surface area contributed by atoms with E-state index in [0.717, 1.165) is 0 Å². The number of hydrogen-bond donors (Lipinski definition) is 2. The Morgan fingerprint density at radius 3 is 1.52 bits per heavy atom. The van der Waals surface area contributed by atoms with Gasteiger partial charge in [0.05, 0.1) is 11.1 Å². The Morgan fingerprint density at radius 2 is 1.11 bits per heavy atom. The standard InChI is InChI=1S/C20H13O6.Na/c21-19(22)13-1-5-15(6-2-13)25-17-9-11-18(12-10-17)26-16-7-3-14(4-8-16)20(23)24;/h1-11H,(H,21,22)(H,23,24);/q-1;+1. The molecule has 0 fully saturated rings. The second-order valence-corrected chi connectivity index (χ2v) is 5.25. The van der Waals surface area contributed by atoms with Gasteiger partial charge in [-0.05, 0) is 48.5 Å². The molecular weight excluding hydrogens is 359 g/mol. The Kier molecular flexibility index (Phi) is 7.01. The predicted molar refractivity (Wildman–Crippen MR) is 92.2 cm³/mol. The Labute approximate surface area is 177 Å². The van der Waals surface area contributed by atoms with E-state index in [9.17, 15) is 9.59 Å². The molecule has 27 heavy (non-hydrogen) atoms. The summed E-state index contributed by atoms with van der Waals surface area (Å²) in [6, 6.07) is 19.9. The molecule has 0 saturated heterocycles. The third-order valence-corrected chi connectivity index (χ3v) is 3.42. The molecule has 3 rings (SSSR count). The van der Waals surface area contributed by atoms with Crippen molar-refractivity contribution in [3.8, 4) is 23.0 Å². The number of carboxylic acid groups (broad SMARTS) is 2. The molecule has 2 N–H and O–H groups in total. The van der Waals surface area contributed by atoms with Crippen molar-refractivity contribution in [2.45, 2.75) is 0 Å². The number of ether oxygens (including phenoxy) is 2. The molecule has 0 aromatic heterocycles. The first-order chi connectivity index (χ1) is 12.5. The first-order valence-electron chi connectivity index (χ1n) is 7.55. The van der Waals surface area contributed by atoms with Crippen LogP contribution in [0.3, 0.4) is 0 Å². The van der Waals surface area contributed by atoms with E-state index in [2.05, 4.69) is 6.07 Å². The largest absolute Gasteiger partial charge is 1.00 e. The maximum absolute atomic E-state index is 10.8. The minimum atomic E-state index is -0.999. The zero-order chi connectivity index (χ0) is 18.5. The fourth-order valence-electron chi connectivity index (χ4n) is 2.12. The zero-order valence-corrected chi connectivity index (χ0v) is 16.4. The Balaban J connectivity index is 0.00000261. The molecule has 0 spiro atoms. The van der Waals surface area contributed by atoms with E-state index in [4.69, 9.17) is 19.7 Å². The average molecular weight is 372 g/mol. The van der Waals surface area contributed by atoms with E-state index in [1.54, 1.807) is 42.5 Å². The molecule has 3 aromatic carbocycles. The predicted octanol–water partition coefficient (Wildman–Crippen LogP) is 1.47. The van der Waals surface area contributed by atoms with Crippen LogP contribution in [0, 0.1) is 6.07 Å². The van der Waals surface area contributed by atoms with Gasteiger partial charge in [0.25, 0.3) is 0 Å². The van der Waals surface area contributed by atoms with E-state index >= 15 is 0 Å². The van der Waals surface area contributed by atoms with Crippen molar-refractivity contribution >= 4 is 11.9 Å². The summed E-state index contributed by atoms with van der Waals surface area (Å²) >= 11 is 0. The second kappa shape index (κ2) is 9.23. The van der Waals surface area contributed by atoms with Crippen LogP contribution in [0.4, 0.5) is 0 Å². The zero-order valence-electron chi connectivity index (χ0n) is 14.4. The van der Waals surface area contributed by atoms with Crippen molar-refractivity contribution in [3.63, 3.8) is 0 Å². The third kappa shape index (κ3) is 5.59. The van der Waals surface area contributed by atoms with Gasteiger partial charge in [0.1, 0.15) is 11.5 Å². The molecule has 0 unspecified atom stereocenters. The maximum Gasteiger partial charge on any atom is 1.00 e. The smallest absolute Gasteiger partial charge is 0.517 e. The van der Waals surface area contributed by atoms with Crippen LogP contribution >= 0.6 is 0 Å². The van der Waals surface area contributed by atoms with Gasteiger partial charge in [-0.15, -0.1) is 24.3 Å². The molecule has 0 saturated carbocycles. The van der Waals surface area contributed by atoms with Gasteiger partial charge in [0.2, 0.25) is 0 Å². The normalized spacial score (nSPS) is 9.78. The summed E-state index contributed by atoms with van der Waals surface area (Å²) in [4.78, 5) is 21.6. The molecule has 0 heterocycles. The Hall–Kier alpha value is -2.80. The third-order valence-electron chi connectivity index (χ3n) is 3.42. The van der Waals surface area contributed by atoms with Gasteiger partial charge in [0, 0.05) is 11.5 Å². The molecule has 0 aliphatic heterocycles. The van der Waals surface area contributed by atoms with Crippen LogP contribution in [-0.4, -0.2) is 22.2 Å². The summed E-state index contributed by atoms with van der Waals surface area (Å²) in [5.41, 5.74) is 0.362. The van der Waals surface area contributed by atoms with Gasteiger partial charge < -0.3 is 19.7 Å². The number of hydrogen-bond acceptors (Lipinski definition) is 4. The number of carboxylic acids is 2. The minimum absolute atomic E-state index is 0. The summed E-state index contributed by atoms with van der Waals surface area (Å²) in [6.45, 7) is 0. The number of carbonyl (C=O) groups is 2. The summed E-state index contributed by atoms with van der Waals surface area (Å²) in [5, 5.41) is 17.7. The summed E-state index contributed by atoms with van der Waals surface area (Å²) in [7, 11) is 0. The van der Waals surface area contributed by atoms with E-state index in [-0.39, 0.29) is 40.7 Å². The van der Waals surface area contributed by atoms with E-state index in [1.807, 2.05) is 0 Å². The van der Waals surface area contributed by atoms with E-state index < -0.39 is 11.9 Å². The van der Waals surface area contributed by atoms with Crippen LogP contribution in [0.25, 0.3) is 0 Å². The summed E-state index contributed by atoms with van der Waals surface area (Å²) in [5.74, 6) is -0.0439. The Bertz CT molecular complexity index is 840. The fourth-order valence-corrected chi connectivity index (χ4v) is 2.12. The maximum atomic E-state index is 10.8. The number of rotatable bonds is 6. The quantitative estimate of drug-likeness (QED) is 0.503. The van der Waals surface area contributed by atoms with Gasteiger partial charge >= 0.3 is 41.5 Å². The topological polar surface area (TPSA) is 93.1 Å². The van der Waals surface area contributed by atoms with Gasteiger partial charge in [0.15, 0.2) is 0 Å². The molecule has 0 aliphatic carbocycles. The minimum Gasteiger partial charge on any atom is -0.517 e. The molecule has 0 bridgehead atoms. The van der Waals surface area contributed by atoms with Crippen molar-refractivity contribution in [2.75, 3.05) is 0 Å². The molecule has 7 heteroatoms.